The van der Waals surface area contributed by atoms with Gasteiger partial charge in [-0.05, 0) is 53.2 Å². The zero-order valence-corrected chi connectivity index (χ0v) is 13.3. The second kappa shape index (κ2) is 5.82. The lowest BCUT2D eigenvalue weighted by Crippen LogP contribution is -2.15. The molecule has 0 amide bonds. The molecule has 0 spiro atoms. The van der Waals surface area contributed by atoms with Crippen LogP contribution in [-0.2, 0) is 10.0 Å². The standard InChI is InChI=1S/C13H11BrN2O4S/c1-8-11(14)5-6-12(15-8)16-21(19,20)10-4-2-3-9(7-10)13(17)18/h2-7H,1H3,(H,15,16)(H,17,18). The van der Waals surface area contributed by atoms with E-state index in [-0.39, 0.29) is 16.3 Å². The van der Waals surface area contributed by atoms with Crippen LogP contribution in [0.2, 0.25) is 0 Å². The number of halogens is 1. The third-order valence-electron chi connectivity index (χ3n) is 2.65. The number of hydrogen-bond acceptors (Lipinski definition) is 4. The highest BCUT2D eigenvalue weighted by molar-refractivity contribution is 9.10. The number of sulfonamides is 1. The van der Waals surface area contributed by atoms with Crippen LogP contribution in [0.15, 0.2) is 45.8 Å². The van der Waals surface area contributed by atoms with Crippen molar-refractivity contribution < 1.29 is 18.3 Å². The second-order valence-corrected chi connectivity index (χ2v) is 6.74. The molecule has 1 heterocycles. The van der Waals surface area contributed by atoms with Crippen molar-refractivity contribution in [1.82, 2.24) is 4.98 Å². The van der Waals surface area contributed by atoms with Crippen LogP contribution in [0.1, 0.15) is 16.1 Å². The normalized spacial score (nSPS) is 11.1. The first-order valence-corrected chi connectivity index (χ1v) is 8.06. The SMILES string of the molecule is Cc1nc(NS(=O)(=O)c2cccc(C(=O)O)c2)ccc1Br. The maximum absolute atomic E-state index is 12.2. The van der Waals surface area contributed by atoms with E-state index in [1.807, 2.05) is 0 Å². The molecule has 0 saturated carbocycles. The molecule has 110 valence electrons. The van der Waals surface area contributed by atoms with Gasteiger partial charge < -0.3 is 5.11 Å². The fourth-order valence-electron chi connectivity index (χ4n) is 1.59. The molecule has 0 unspecified atom stereocenters. The van der Waals surface area contributed by atoms with Gasteiger partial charge in [-0.15, -0.1) is 0 Å². The molecule has 1 aromatic carbocycles. The Hall–Kier alpha value is -1.93. The zero-order valence-electron chi connectivity index (χ0n) is 10.9. The molecule has 0 radical (unpaired) electrons. The molecule has 0 aliphatic rings. The molecule has 2 N–H and O–H groups in total. The van der Waals surface area contributed by atoms with Crippen molar-refractivity contribution in [3.05, 3.63) is 52.1 Å². The molecule has 0 aliphatic heterocycles. The number of pyridine rings is 1. The monoisotopic (exact) mass is 370 g/mol. The van der Waals surface area contributed by atoms with Crippen molar-refractivity contribution in [3.8, 4) is 0 Å². The van der Waals surface area contributed by atoms with Crippen molar-refractivity contribution in [2.45, 2.75) is 11.8 Å². The quantitative estimate of drug-likeness (QED) is 0.862. The van der Waals surface area contributed by atoms with Gasteiger partial charge in [0.25, 0.3) is 10.0 Å². The van der Waals surface area contributed by atoms with Gasteiger partial charge in [-0.2, -0.15) is 0 Å². The number of aromatic nitrogens is 1. The van der Waals surface area contributed by atoms with Gasteiger partial charge in [-0.1, -0.05) is 6.07 Å². The van der Waals surface area contributed by atoms with Crippen molar-refractivity contribution in [2.24, 2.45) is 0 Å². The molecule has 0 bridgehead atoms. The van der Waals surface area contributed by atoms with Gasteiger partial charge in [0.2, 0.25) is 0 Å². The number of nitrogens with zero attached hydrogens (tertiary/aromatic N) is 1. The summed E-state index contributed by atoms with van der Waals surface area (Å²) in [5.41, 5.74) is 0.535. The summed E-state index contributed by atoms with van der Waals surface area (Å²) in [5, 5.41) is 8.90. The molecule has 2 aromatic rings. The average molecular weight is 371 g/mol. The number of anilines is 1. The van der Waals surface area contributed by atoms with Crippen LogP contribution in [0.4, 0.5) is 5.82 Å². The molecule has 0 fully saturated rings. The number of carbonyl (C=O) groups is 1. The first-order valence-electron chi connectivity index (χ1n) is 5.79. The summed E-state index contributed by atoms with van der Waals surface area (Å²) >= 11 is 3.27. The van der Waals surface area contributed by atoms with Crippen LogP contribution < -0.4 is 4.72 Å². The van der Waals surface area contributed by atoms with E-state index in [2.05, 4.69) is 25.6 Å². The molecule has 2 rings (SSSR count). The highest BCUT2D eigenvalue weighted by Gasteiger charge is 2.17. The van der Waals surface area contributed by atoms with Crippen LogP contribution in [-0.4, -0.2) is 24.5 Å². The van der Waals surface area contributed by atoms with Crippen molar-refractivity contribution >= 4 is 37.7 Å². The molecule has 6 nitrogen and oxygen atoms in total. The minimum atomic E-state index is -3.89. The highest BCUT2D eigenvalue weighted by Crippen LogP contribution is 2.19. The molecular weight excluding hydrogens is 360 g/mol. The summed E-state index contributed by atoms with van der Waals surface area (Å²) in [6, 6.07) is 8.29. The van der Waals surface area contributed by atoms with E-state index in [4.69, 9.17) is 5.11 Å². The summed E-state index contributed by atoms with van der Waals surface area (Å²) in [4.78, 5) is 14.8. The van der Waals surface area contributed by atoms with Gasteiger partial charge in [-0.25, -0.2) is 18.2 Å². The number of carboxylic acid groups (broad SMARTS) is 1. The van der Waals surface area contributed by atoms with Crippen molar-refractivity contribution in [3.63, 3.8) is 0 Å². The lowest BCUT2D eigenvalue weighted by Gasteiger charge is -2.09. The Morgan fingerprint density at radius 1 is 1.29 bits per heavy atom. The smallest absolute Gasteiger partial charge is 0.335 e. The summed E-state index contributed by atoms with van der Waals surface area (Å²) in [6.07, 6.45) is 0. The molecule has 0 atom stereocenters. The van der Waals surface area contributed by atoms with E-state index in [1.165, 1.54) is 24.3 Å². The number of aromatic carboxylic acids is 1. The fourth-order valence-corrected chi connectivity index (χ4v) is 2.86. The summed E-state index contributed by atoms with van der Waals surface area (Å²) in [6.45, 7) is 1.73. The zero-order chi connectivity index (χ0) is 15.6. The topological polar surface area (TPSA) is 96.4 Å². The van der Waals surface area contributed by atoms with Crippen molar-refractivity contribution in [2.75, 3.05) is 4.72 Å². The number of rotatable bonds is 4. The van der Waals surface area contributed by atoms with Crippen molar-refractivity contribution in [1.29, 1.82) is 0 Å². The molecule has 21 heavy (non-hydrogen) atoms. The summed E-state index contributed by atoms with van der Waals surface area (Å²) in [5.74, 6) is -1.03. The average Bonchev–Trinajstić information content (AvgIpc) is 2.43. The fraction of sp³-hybridized carbons (Fsp3) is 0.0769. The lowest BCUT2D eigenvalue weighted by molar-refractivity contribution is 0.0696. The van der Waals surface area contributed by atoms with E-state index in [1.54, 1.807) is 13.0 Å². The highest BCUT2D eigenvalue weighted by atomic mass is 79.9. The summed E-state index contributed by atoms with van der Waals surface area (Å²) in [7, 11) is -3.89. The predicted molar refractivity (Wildman–Crippen MR) is 80.9 cm³/mol. The molecule has 0 aliphatic carbocycles. The minimum Gasteiger partial charge on any atom is -0.478 e. The van der Waals surface area contributed by atoms with Gasteiger partial charge in [-0.3, -0.25) is 4.72 Å². The molecule has 8 heteroatoms. The number of nitrogens with one attached hydrogen (secondary N) is 1. The third-order valence-corrected chi connectivity index (χ3v) is 4.84. The largest absolute Gasteiger partial charge is 0.478 e. The van der Waals surface area contributed by atoms with E-state index < -0.39 is 16.0 Å². The Kier molecular flexibility index (Phi) is 4.29. The molecule has 0 saturated heterocycles. The Morgan fingerprint density at radius 2 is 2.00 bits per heavy atom. The lowest BCUT2D eigenvalue weighted by atomic mass is 10.2. The van der Waals surface area contributed by atoms with Crippen LogP contribution in [0, 0.1) is 6.92 Å². The maximum atomic E-state index is 12.2. The predicted octanol–water partition coefficient (Wildman–Crippen LogP) is 2.65. The number of carboxylic acids is 1. The molecule has 1 aromatic heterocycles. The number of hydrogen-bond donors (Lipinski definition) is 2. The summed E-state index contributed by atoms with van der Waals surface area (Å²) < 4.78 is 27.5. The first-order chi connectivity index (χ1) is 9.79. The second-order valence-electron chi connectivity index (χ2n) is 4.20. The third kappa shape index (κ3) is 3.59. The van der Waals surface area contributed by atoms with E-state index in [0.717, 1.165) is 10.5 Å². The van der Waals surface area contributed by atoms with Crippen LogP contribution in [0.3, 0.4) is 0 Å². The van der Waals surface area contributed by atoms with E-state index >= 15 is 0 Å². The first kappa shape index (κ1) is 15.5. The molecular formula is C13H11BrN2O4S. The Balaban J connectivity index is 2.36. The minimum absolute atomic E-state index is 0.0992. The maximum Gasteiger partial charge on any atom is 0.335 e. The van der Waals surface area contributed by atoms with Gasteiger partial charge in [0, 0.05) is 4.47 Å². The Bertz CT molecular complexity index is 806. The van der Waals surface area contributed by atoms with Crippen LogP contribution in [0.5, 0.6) is 0 Å². The van der Waals surface area contributed by atoms with Gasteiger partial charge in [0.05, 0.1) is 16.2 Å². The Morgan fingerprint density at radius 3 is 2.62 bits per heavy atom. The van der Waals surface area contributed by atoms with E-state index in [9.17, 15) is 13.2 Å². The van der Waals surface area contributed by atoms with E-state index in [0.29, 0.717) is 5.69 Å². The van der Waals surface area contributed by atoms with Crippen LogP contribution >= 0.6 is 15.9 Å². The Labute approximate surface area is 130 Å². The van der Waals surface area contributed by atoms with Gasteiger partial charge in [0.15, 0.2) is 0 Å². The number of aryl methyl sites for hydroxylation is 1. The van der Waals surface area contributed by atoms with Gasteiger partial charge in [0.1, 0.15) is 5.82 Å². The number of benzene rings is 1. The van der Waals surface area contributed by atoms with Crippen LogP contribution in [0.25, 0.3) is 0 Å². The van der Waals surface area contributed by atoms with Gasteiger partial charge >= 0.3 is 5.97 Å².